The van der Waals surface area contributed by atoms with Crippen LogP contribution in [0.2, 0.25) is 0 Å². The molecule has 5 heteroatoms. The number of imidazole rings is 1. The minimum atomic E-state index is -1.03. The van der Waals surface area contributed by atoms with E-state index in [1.807, 2.05) is 6.07 Å². The van der Waals surface area contributed by atoms with E-state index in [0.717, 1.165) is 5.52 Å². The lowest BCUT2D eigenvalue weighted by molar-refractivity contribution is -0.142. The predicted octanol–water partition coefficient (Wildman–Crippen LogP) is 1.32. The Balaban J connectivity index is 2.58. The van der Waals surface area contributed by atoms with Crippen LogP contribution in [0.25, 0.3) is 11.2 Å². The molecule has 2 heterocycles. The maximum atomic E-state index is 11.0. The van der Waals surface area contributed by atoms with Crippen LogP contribution in [0.5, 0.6) is 0 Å². The van der Waals surface area contributed by atoms with Crippen LogP contribution in [-0.4, -0.2) is 26.0 Å². The quantitative estimate of drug-likeness (QED) is 0.774. The predicted molar refractivity (Wildman–Crippen MR) is 54.6 cm³/mol. The Labute approximate surface area is 86.2 Å². The molecule has 2 N–H and O–H groups in total. The molecule has 2 rings (SSSR count). The van der Waals surface area contributed by atoms with Gasteiger partial charge in [0.25, 0.3) is 0 Å². The van der Waals surface area contributed by atoms with Gasteiger partial charge in [0.15, 0.2) is 5.65 Å². The Kier molecular flexibility index (Phi) is 1.96. The van der Waals surface area contributed by atoms with Gasteiger partial charge in [0, 0.05) is 6.20 Å². The standard InChI is InChI=1S/C10H11N3O2/c1-10(2,9(14)15)8-12-6-4-3-5-11-7(6)13-8/h3-5H,1-2H3,(H,14,15)(H,11,12,13). The highest BCUT2D eigenvalue weighted by molar-refractivity contribution is 5.81. The van der Waals surface area contributed by atoms with Crippen LogP contribution in [0.3, 0.4) is 0 Å². The number of carbonyl (C=O) groups is 1. The number of H-pyrrole nitrogens is 1. The molecule has 0 saturated carbocycles. The summed E-state index contributed by atoms with van der Waals surface area (Å²) in [5.41, 5.74) is 0.268. The van der Waals surface area contributed by atoms with E-state index < -0.39 is 11.4 Å². The summed E-state index contributed by atoms with van der Waals surface area (Å²) in [6, 6.07) is 3.59. The topological polar surface area (TPSA) is 78.9 Å². The Morgan fingerprint density at radius 1 is 1.53 bits per heavy atom. The van der Waals surface area contributed by atoms with Crippen molar-refractivity contribution in [2.24, 2.45) is 0 Å². The fourth-order valence-corrected chi connectivity index (χ4v) is 1.24. The number of rotatable bonds is 2. The van der Waals surface area contributed by atoms with E-state index in [1.54, 1.807) is 26.1 Å². The Morgan fingerprint density at radius 3 is 2.87 bits per heavy atom. The summed E-state index contributed by atoms with van der Waals surface area (Å²) in [5.74, 6) is -0.495. The molecule has 0 aliphatic rings. The molecule has 0 aliphatic heterocycles. The second-order valence-corrected chi connectivity index (χ2v) is 3.89. The van der Waals surface area contributed by atoms with Crippen LogP contribution in [0.15, 0.2) is 18.3 Å². The number of carboxylic acids is 1. The summed E-state index contributed by atoms with van der Waals surface area (Å²) in [5, 5.41) is 9.04. The van der Waals surface area contributed by atoms with Crippen LogP contribution in [0.1, 0.15) is 19.7 Å². The van der Waals surface area contributed by atoms with Crippen molar-refractivity contribution in [3.63, 3.8) is 0 Å². The van der Waals surface area contributed by atoms with Crippen LogP contribution < -0.4 is 0 Å². The van der Waals surface area contributed by atoms with Crippen molar-refractivity contribution in [3.8, 4) is 0 Å². The minimum absolute atomic E-state index is 0.420. The number of aromatic amines is 1. The van der Waals surface area contributed by atoms with Gasteiger partial charge in [-0.2, -0.15) is 0 Å². The zero-order valence-corrected chi connectivity index (χ0v) is 8.48. The van der Waals surface area contributed by atoms with Gasteiger partial charge >= 0.3 is 5.97 Å². The van der Waals surface area contributed by atoms with E-state index >= 15 is 0 Å². The van der Waals surface area contributed by atoms with Gasteiger partial charge in [0.05, 0.1) is 5.52 Å². The van der Waals surface area contributed by atoms with E-state index in [2.05, 4.69) is 15.0 Å². The van der Waals surface area contributed by atoms with E-state index in [4.69, 9.17) is 5.11 Å². The maximum absolute atomic E-state index is 11.0. The van der Waals surface area contributed by atoms with Crippen molar-refractivity contribution in [2.45, 2.75) is 19.3 Å². The zero-order valence-electron chi connectivity index (χ0n) is 8.48. The largest absolute Gasteiger partial charge is 0.481 e. The first kappa shape index (κ1) is 9.64. The Bertz CT molecular complexity index is 483. The number of pyridine rings is 1. The molecule has 15 heavy (non-hydrogen) atoms. The third kappa shape index (κ3) is 1.45. The lowest BCUT2D eigenvalue weighted by Gasteiger charge is -2.14. The molecule has 0 spiro atoms. The molecule has 0 atom stereocenters. The van der Waals surface area contributed by atoms with Crippen LogP contribution in [0, 0.1) is 0 Å². The summed E-state index contributed by atoms with van der Waals surface area (Å²) < 4.78 is 0. The van der Waals surface area contributed by atoms with Gasteiger partial charge in [-0.3, -0.25) is 4.79 Å². The van der Waals surface area contributed by atoms with Crippen molar-refractivity contribution in [2.75, 3.05) is 0 Å². The van der Waals surface area contributed by atoms with Crippen molar-refractivity contribution in [1.29, 1.82) is 0 Å². The molecule has 0 unspecified atom stereocenters. The van der Waals surface area contributed by atoms with Crippen LogP contribution >= 0.6 is 0 Å². The van der Waals surface area contributed by atoms with E-state index in [9.17, 15) is 4.79 Å². The fraction of sp³-hybridized carbons (Fsp3) is 0.300. The molecular formula is C10H11N3O2. The summed E-state index contributed by atoms with van der Waals surface area (Å²) in [6.07, 6.45) is 1.63. The number of carboxylic acid groups (broad SMARTS) is 1. The molecule has 0 aliphatic carbocycles. The molecule has 5 nitrogen and oxygen atoms in total. The average molecular weight is 205 g/mol. The van der Waals surface area contributed by atoms with Crippen molar-refractivity contribution < 1.29 is 9.90 Å². The minimum Gasteiger partial charge on any atom is -0.481 e. The SMILES string of the molecule is CC(C)(C(=O)O)c1nc2ncccc2[nH]1. The molecule has 2 aromatic rings. The van der Waals surface area contributed by atoms with E-state index in [0.29, 0.717) is 11.5 Å². The molecule has 78 valence electrons. The highest BCUT2D eigenvalue weighted by Crippen LogP contribution is 2.22. The van der Waals surface area contributed by atoms with Gasteiger partial charge in [-0.05, 0) is 26.0 Å². The van der Waals surface area contributed by atoms with E-state index in [1.165, 1.54) is 0 Å². The summed E-state index contributed by atoms with van der Waals surface area (Å²) in [6.45, 7) is 3.21. The summed E-state index contributed by atoms with van der Waals surface area (Å²) >= 11 is 0. The summed E-state index contributed by atoms with van der Waals surface area (Å²) in [7, 11) is 0. The molecule has 0 bridgehead atoms. The van der Waals surface area contributed by atoms with Gasteiger partial charge in [-0.25, -0.2) is 9.97 Å². The number of nitrogens with one attached hydrogen (secondary N) is 1. The highest BCUT2D eigenvalue weighted by atomic mass is 16.4. The number of aliphatic carboxylic acids is 1. The Morgan fingerprint density at radius 2 is 2.27 bits per heavy atom. The maximum Gasteiger partial charge on any atom is 0.316 e. The number of fused-ring (bicyclic) bond motifs is 1. The van der Waals surface area contributed by atoms with Gasteiger partial charge in [0.2, 0.25) is 0 Å². The van der Waals surface area contributed by atoms with Crippen molar-refractivity contribution in [1.82, 2.24) is 15.0 Å². The van der Waals surface area contributed by atoms with Crippen molar-refractivity contribution in [3.05, 3.63) is 24.2 Å². The van der Waals surface area contributed by atoms with E-state index in [-0.39, 0.29) is 0 Å². The lowest BCUT2D eigenvalue weighted by atomic mass is 9.93. The average Bonchev–Trinajstić information content (AvgIpc) is 2.61. The number of aromatic nitrogens is 3. The molecule has 2 aromatic heterocycles. The van der Waals surface area contributed by atoms with Crippen LogP contribution in [-0.2, 0) is 10.2 Å². The first-order chi connectivity index (χ1) is 7.01. The smallest absolute Gasteiger partial charge is 0.316 e. The molecular weight excluding hydrogens is 194 g/mol. The number of hydrogen-bond donors (Lipinski definition) is 2. The summed E-state index contributed by atoms with van der Waals surface area (Å²) in [4.78, 5) is 22.2. The molecule has 0 amide bonds. The first-order valence-corrected chi connectivity index (χ1v) is 4.56. The second kappa shape index (κ2) is 3.05. The third-order valence-electron chi connectivity index (χ3n) is 2.38. The van der Waals surface area contributed by atoms with Gasteiger partial charge < -0.3 is 10.1 Å². The van der Waals surface area contributed by atoms with Gasteiger partial charge in [-0.1, -0.05) is 0 Å². The highest BCUT2D eigenvalue weighted by Gasteiger charge is 2.32. The lowest BCUT2D eigenvalue weighted by Crippen LogP contribution is -2.29. The zero-order chi connectivity index (χ0) is 11.1. The molecule has 0 fully saturated rings. The molecule has 0 saturated heterocycles. The first-order valence-electron chi connectivity index (χ1n) is 4.56. The second-order valence-electron chi connectivity index (χ2n) is 3.89. The van der Waals surface area contributed by atoms with Crippen molar-refractivity contribution >= 4 is 17.1 Å². The molecule has 0 aromatic carbocycles. The van der Waals surface area contributed by atoms with Crippen LogP contribution in [0.4, 0.5) is 0 Å². The van der Waals surface area contributed by atoms with Gasteiger partial charge in [-0.15, -0.1) is 0 Å². The molecule has 0 radical (unpaired) electrons. The number of nitrogens with zero attached hydrogens (tertiary/aromatic N) is 2. The fourth-order valence-electron chi connectivity index (χ4n) is 1.24. The monoisotopic (exact) mass is 205 g/mol. The normalized spacial score (nSPS) is 11.9. The number of hydrogen-bond acceptors (Lipinski definition) is 3. The Hall–Kier alpha value is -1.91. The third-order valence-corrected chi connectivity index (χ3v) is 2.38. The van der Waals surface area contributed by atoms with Gasteiger partial charge in [0.1, 0.15) is 11.2 Å².